The lowest BCUT2D eigenvalue weighted by Crippen LogP contribution is -2.40. The molecule has 4 aliphatic carbocycles. The maximum Gasteiger partial charge on any atom is 0.0720 e. The minimum atomic E-state index is -0.473. The Kier molecular flexibility index (Phi) is 6.80. The largest absolute Gasteiger partial charge is 0.310 e. The minimum absolute atomic E-state index is 0.132. The van der Waals surface area contributed by atoms with E-state index in [0.29, 0.717) is 0 Å². The first-order chi connectivity index (χ1) is 28.6. The summed E-state index contributed by atoms with van der Waals surface area (Å²) in [5.74, 6) is 0. The van der Waals surface area contributed by atoms with E-state index in [0.717, 1.165) is 0 Å². The van der Waals surface area contributed by atoms with E-state index in [4.69, 9.17) is 0 Å². The molecule has 0 atom stereocenters. The predicted molar refractivity (Wildman–Crippen MR) is 246 cm³/mol. The van der Waals surface area contributed by atoms with Gasteiger partial charge in [0.2, 0.25) is 0 Å². The van der Waals surface area contributed by atoms with Crippen LogP contribution < -0.4 is 4.90 Å². The molecule has 284 valence electrons. The Morgan fingerprint density at radius 3 is 1.17 bits per heavy atom. The zero-order valence-corrected chi connectivity index (χ0v) is 34.7. The molecule has 0 saturated heterocycles. The molecule has 0 unspecified atom stereocenters. The molecule has 0 aromatic heterocycles. The summed E-state index contributed by atoms with van der Waals surface area (Å²) in [6, 6.07) is 67.3. The molecular weight excluding hydrogens is 711 g/mol. The van der Waals surface area contributed by atoms with Gasteiger partial charge in [-0.3, -0.25) is 0 Å². The van der Waals surface area contributed by atoms with Crippen molar-refractivity contribution in [1.82, 2.24) is 0 Å². The molecule has 12 rings (SSSR count). The Morgan fingerprint density at radius 2 is 0.661 bits per heavy atom. The lowest BCUT2D eigenvalue weighted by atomic mass is 9.55. The third-order valence-electron chi connectivity index (χ3n) is 14.9. The molecule has 0 N–H and O–H groups in total. The van der Waals surface area contributed by atoms with Gasteiger partial charge in [0, 0.05) is 33.2 Å². The van der Waals surface area contributed by atoms with Crippen molar-refractivity contribution in [3.05, 3.63) is 232 Å². The van der Waals surface area contributed by atoms with Crippen LogP contribution in [0.3, 0.4) is 0 Å². The second-order valence-electron chi connectivity index (χ2n) is 18.8. The molecular formula is C58H47N. The fourth-order valence-electron chi connectivity index (χ4n) is 12.2. The second-order valence-corrected chi connectivity index (χ2v) is 18.8. The van der Waals surface area contributed by atoms with Crippen LogP contribution in [0.2, 0.25) is 0 Å². The van der Waals surface area contributed by atoms with E-state index in [1.165, 1.54) is 106 Å². The molecule has 8 aromatic rings. The molecule has 0 radical (unpaired) electrons. The van der Waals surface area contributed by atoms with E-state index in [-0.39, 0.29) is 16.2 Å². The van der Waals surface area contributed by atoms with Gasteiger partial charge in [0.05, 0.1) is 11.1 Å². The van der Waals surface area contributed by atoms with Crippen molar-refractivity contribution in [3.63, 3.8) is 0 Å². The van der Waals surface area contributed by atoms with Crippen LogP contribution in [-0.4, -0.2) is 0 Å². The van der Waals surface area contributed by atoms with Crippen molar-refractivity contribution in [2.45, 2.75) is 63.2 Å². The Bertz CT molecular complexity index is 2940. The van der Waals surface area contributed by atoms with Crippen LogP contribution in [0, 0.1) is 0 Å². The lowest BCUT2D eigenvalue weighted by molar-refractivity contribution is 0.563. The summed E-state index contributed by atoms with van der Waals surface area (Å²) in [6.07, 6.45) is 0. The summed E-state index contributed by atoms with van der Waals surface area (Å²) in [7, 11) is 0. The summed E-state index contributed by atoms with van der Waals surface area (Å²) in [4.78, 5) is 2.58. The lowest BCUT2D eigenvalue weighted by Gasteiger charge is -2.46. The molecule has 0 bridgehead atoms. The van der Waals surface area contributed by atoms with Crippen LogP contribution in [0.5, 0.6) is 0 Å². The highest BCUT2D eigenvalue weighted by Gasteiger charge is 2.54. The van der Waals surface area contributed by atoms with Gasteiger partial charge in [0.25, 0.3) is 0 Å². The maximum absolute atomic E-state index is 2.58. The van der Waals surface area contributed by atoms with E-state index in [2.05, 4.69) is 222 Å². The Hall–Kier alpha value is -6.44. The molecule has 0 amide bonds. The molecule has 1 nitrogen and oxygen atoms in total. The average molecular weight is 758 g/mol. The van der Waals surface area contributed by atoms with Gasteiger partial charge in [0.1, 0.15) is 0 Å². The van der Waals surface area contributed by atoms with Gasteiger partial charge in [-0.2, -0.15) is 0 Å². The normalized spacial score (nSPS) is 16.8. The topological polar surface area (TPSA) is 3.24 Å². The molecule has 0 saturated carbocycles. The first kappa shape index (κ1) is 34.6. The summed E-state index contributed by atoms with van der Waals surface area (Å²) in [5.41, 5.74) is 24.4. The van der Waals surface area contributed by atoms with Gasteiger partial charge in [-0.1, -0.05) is 187 Å². The predicted octanol–water partition coefficient (Wildman–Crippen LogP) is 14.8. The van der Waals surface area contributed by atoms with Crippen molar-refractivity contribution < 1.29 is 0 Å². The number of nitrogens with zero attached hydrogens (tertiary/aromatic N) is 1. The number of hydrogen-bond donors (Lipinski definition) is 0. The van der Waals surface area contributed by atoms with Crippen molar-refractivity contribution >= 4 is 17.1 Å². The van der Waals surface area contributed by atoms with Gasteiger partial charge >= 0.3 is 0 Å². The molecule has 0 heterocycles. The number of benzene rings is 8. The van der Waals surface area contributed by atoms with Crippen molar-refractivity contribution in [1.29, 1.82) is 0 Å². The van der Waals surface area contributed by atoms with Crippen LogP contribution in [0.25, 0.3) is 33.4 Å². The second kappa shape index (κ2) is 11.6. The average Bonchev–Trinajstić information content (AvgIpc) is 3.78. The first-order valence-corrected chi connectivity index (χ1v) is 21.3. The maximum atomic E-state index is 2.58. The summed E-state index contributed by atoms with van der Waals surface area (Å²) >= 11 is 0. The summed E-state index contributed by atoms with van der Waals surface area (Å²) in [6.45, 7) is 14.4. The standard InChI is InChI=1S/C58H47N/c1-55(2)43-21-10-7-18-38(43)40-32-30-36(34-51(40)55)59(37-31-33-41-39-19-8-11-22-44(39)56(3,4)52(41)35-37)53-29-17-28-50-54(53)42-20-9-12-23-45(42)58(50)48-26-15-13-24-46(48)57(5,6)47-25-14-16-27-49(47)58/h7-35H,1-6H3. The summed E-state index contributed by atoms with van der Waals surface area (Å²) in [5, 5.41) is 0. The van der Waals surface area contributed by atoms with E-state index in [1.807, 2.05) is 0 Å². The zero-order valence-electron chi connectivity index (χ0n) is 34.7. The van der Waals surface area contributed by atoms with Crippen molar-refractivity contribution in [2.75, 3.05) is 4.90 Å². The molecule has 4 aliphatic rings. The zero-order chi connectivity index (χ0) is 40.1. The molecule has 0 aliphatic heterocycles. The molecule has 0 fully saturated rings. The van der Waals surface area contributed by atoms with E-state index < -0.39 is 5.41 Å². The minimum Gasteiger partial charge on any atom is -0.310 e. The van der Waals surface area contributed by atoms with E-state index in [9.17, 15) is 0 Å². The number of hydrogen-bond acceptors (Lipinski definition) is 1. The Morgan fingerprint density at radius 1 is 0.288 bits per heavy atom. The quantitative estimate of drug-likeness (QED) is 0.173. The highest BCUT2D eigenvalue weighted by atomic mass is 15.1. The molecule has 59 heavy (non-hydrogen) atoms. The van der Waals surface area contributed by atoms with Crippen LogP contribution in [0.15, 0.2) is 176 Å². The van der Waals surface area contributed by atoms with Crippen LogP contribution in [0.4, 0.5) is 17.1 Å². The number of anilines is 3. The SMILES string of the molecule is CC1(C)c2ccccc2-c2ccc(N(c3ccc4c(c3)C(C)(C)c3ccccc3-4)c3cccc4c3-c3ccccc3C43c4ccccc4C(C)(C)c4ccccc43)cc21. The van der Waals surface area contributed by atoms with Gasteiger partial charge in [-0.05, 0) is 114 Å². The van der Waals surface area contributed by atoms with Gasteiger partial charge in [0.15, 0.2) is 0 Å². The van der Waals surface area contributed by atoms with Crippen LogP contribution >= 0.6 is 0 Å². The van der Waals surface area contributed by atoms with Gasteiger partial charge in [-0.15, -0.1) is 0 Å². The third-order valence-corrected chi connectivity index (χ3v) is 14.9. The third kappa shape index (κ3) is 4.25. The number of rotatable bonds is 3. The van der Waals surface area contributed by atoms with E-state index >= 15 is 0 Å². The molecule has 1 heteroatoms. The first-order valence-electron chi connectivity index (χ1n) is 21.3. The fourth-order valence-corrected chi connectivity index (χ4v) is 12.2. The summed E-state index contributed by atoms with van der Waals surface area (Å²) < 4.78 is 0. The molecule has 8 aromatic carbocycles. The van der Waals surface area contributed by atoms with Gasteiger partial charge in [-0.25, -0.2) is 0 Å². The fraction of sp³-hybridized carbons (Fsp3) is 0.172. The number of fused-ring (bicyclic) bond motifs is 15. The van der Waals surface area contributed by atoms with Crippen LogP contribution in [0.1, 0.15) is 97.2 Å². The van der Waals surface area contributed by atoms with Crippen molar-refractivity contribution in [2.24, 2.45) is 0 Å². The highest BCUT2D eigenvalue weighted by Crippen LogP contribution is 2.64. The van der Waals surface area contributed by atoms with E-state index in [1.54, 1.807) is 0 Å². The Labute approximate surface area is 348 Å². The Balaban J connectivity index is 1.16. The monoisotopic (exact) mass is 757 g/mol. The van der Waals surface area contributed by atoms with Gasteiger partial charge < -0.3 is 4.90 Å². The molecule has 1 spiro atoms. The van der Waals surface area contributed by atoms with Crippen molar-refractivity contribution in [3.8, 4) is 33.4 Å². The smallest absolute Gasteiger partial charge is 0.0720 e. The highest BCUT2D eigenvalue weighted by molar-refractivity contribution is 5.99. The van der Waals surface area contributed by atoms with Crippen LogP contribution in [-0.2, 0) is 21.7 Å².